The number of nitrogens with zero attached hydrogens (tertiary/aromatic N) is 2. The molecule has 2 heterocycles. The first-order valence-electron chi connectivity index (χ1n) is 5.78. The highest BCUT2D eigenvalue weighted by Crippen LogP contribution is 2.18. The molecule has 1 aliphatic rings. The highest BCUT2D eigenvalue weighted by atomic mass is 35.5. The van der Waals surface area contributed by atoms with Crippen LogP contribution in [0.3, 0.4) is 0 Å². The largest absolute Gasteiger partial charge is 0.472 e. The molecule has 2 unspecified atom stereocenters. The normalized spacial score (nSPS) is 20.8. The van der Waals surface area contributed by atoms with Gasteiger partial charge in [-0.05, 0) is 13.0 Å². The van der Waals surface area contributed by atoms with Crippen LogP contribution in [0.5, 0.6) is 5.88 Å². The maximum atomic E-state index is 12.9. The Morgan fingerprint density at radius 3 is 3.11 bits per heavy atom. The lowest BCUT2D eigenvalue weighted by atomic mass is 10.3. The van der Waals surface area contributed by atoms with E-state index in [9.17, 15) is 9.18 Å². The first kappa shape index (κ1) is 13.1. The average Bonchev–Trinajstić information content (AvgIpc) is 2.76. The monoisotopic (exact) mass is 272 g/mol. The predicted molar refractivity (Wildman–Crippen MR) is 65.1 cm³/mol. The molecule has 1 aliphatic heterocycles. The van der Waals surface area contributed by atoms with Gasteiger partial charge in [0.15, 0.2) is 0 Å². The number of carbonyl (C=O) groups excluding carboxylic acids is 1. The third-order valence-electron chi connectivity index (χ3n) is 2.77. The smallest absolute Gasteiger partial charge is 0.240 e. The molecule has 1 saturated heterocycles. The molecule has 4 nitrogen and oxygen atoms in total. The third-order valence-corrected chi connectivity index (χ3v) is 2.96. The Labute approximate surface area is 110 Å². The van der Waals surface area contributed by atoms with Crippen molar-refractivity contribution in [2.75, 3.05) is 13.1 Å². The molecule has 1 aromatic rings. The van der Waals surface area contributed by atoms with Crippen LogP contribution in [0.4, 0.5) is 4.39 Å². The summed E-state index contributed by atoms with van der Waals surface area (Å²) in [5.41, 5.74) is 0. The van der Waals surface area contributed by atoms with Crippen LogP contribution in [0.2, 0.25) is 0 Å². The number of alkyl halides is 1. The Bertz CT molecular complexity index is 442. The molecule has 0 saturated carbocycles. The van der Waals surface area contributed by atoms with Crippen LogP contribution in [-0.2, 0) is 4.79 Å². The van der Waals surface area contributed by atoms with Gasteiger partial charge in [0, 0.05) is 19.0 Å². The van der Waals surface area contributed by atoms with Crippen molar-refractivity contribution in [3.05, 3.63) is 24.1 Å². The van der Waals surface area contributed by atoms with Gasteiger partial charge < -0.3 is 9.64 Å². The topological polar surface area (TPSA) is 42.4 Å². The zero-order valence-corrected chi connectivity index (χ0v) is 10.7. The van der Waals surface area contributed by atoms with Gasteiger partial charge in [-0.3, -0.25) is 4.79 Å². The number of amides is 1. The number of aromatic nitrogens is 1. The standard InChI is InChI=1S/C12H14ClFN2O2/c1-8(13)12(17)16-6-5-9(7-16)18-11-4-2-3-10(14)15-11/h2-4,8-9H,5-7H2,1H3. The number of rotatable bonds is 3. The van der Waals surface area contributed by atoms with Crippen LogP contribution >= 0.6 is 11.6 Å². The molecule has 6 heteroatoms. The zero-order chi connectivity index (χ0) is 13.1. The van der Waals surface area contributed by atoms with Crippen molar-refractivity contribution >= 4 is 17.5 Å². The lowest BCUT2D eigenvalue weighted by Gasteiger charge is -2.17. The van der Waals surface area contributed by atoms with E-state index in [4.69, 9.17) is 16.3 Å². The average molecular weight is 273 g/mol. The number of halogens is 2. The number of pyridine rings is 1. The summed E-state index contributed by atoms with van der Waals surface area (Å²) in [4.78, 5) is 16.9. The van der Waals surface area contributed by atoms with E-state index >= 15 is 0 Å². The van der Waals surface area contributed by atoms with Crippen LogP contribution in [-0.4, -0.2) is 40.4 Å². The summed E-state index contributed by atoms with van der Waals surface area (Å²) in [6.45, 7) is 2.72. The molecule has 0 N–H and O–H groups in total. The van der Waals surface area contributed by atoms with Gasteiger partial charge in [0.1, 0.15) is 11.5 Å². The van der Waals surface area contributed by atoms with E-state index in [1.54, 1.807) is 17.9 Å². The molecular formula is C12H14ClFN2O2. The molecule has 0 spiro atoms. The van der Waals surface area contributed by atoms with E-state index in [1.807, 2.05) is 0 Å². The second kappa shape index (κ2) is 5.52. The number of ether oxygens (including phenoxy) is 1. The Hall–Kier alpha value is -1.36. The lowest BCUT2D eigenvalue weighted by Crippen LogP contribution is -2.35. The van der Waals surface area contributed by atoms with Gasteiger partial charge in [-0.1, -0.05) is 6.07 Å². The molecule has 0 aliphatic carbocycles. The van der Waals surface area contributed by atoms with Crippen LogP contribution in [0.15, 0.2) is 18.2 Å². The van der Waals surface area contributed by atoms with Gasteiger partial charge >= 0.3 is 0 Å². The zero-order valence-electron chi connectivity index (χ0n) is 9.97. The summed E-state index contributed by atoms with van der Waals surface area (Å²) in [6, 6.07) is 4.39. The van der Waals surface area contributed by atoms with Crippen LogP contribution in [0, 0.1) is 5.95 Å². The van der Waals surface area contributed by atoms with Gasteiger partial charge in [0.2, 0.25) is 17.7 Å². The number of likely N-dealkylation sites (tertiary alicyclic amines) is 1. The third kappa shape index (κ3) is 3.10. The van der Waals surface area contributed by atoms with Crippen molar-refractivity contribution < 1.29 is 13.9 Å². The van der Waals surface area contributed by atoms with E-state index < -0.39 is 11.3 Å². The molecule has 1 aromatic heterocycles. The summed E-state index contributed by atoms with van der Waals surface area (Å²) in [6.07, 6.45) is 0.548. The Morgan fingerprint density at radius 1 is 1.67 bits per heavy atom. The summed E-state index contributed by atoms with van der Waals surface area (Å²) in [7, 11) is 0. The van der Waals surface area contributed by atoms with Crippen molar-refractivity contribution in [2.45, 2.75) is 24.8 Å². The fourth-order valence-corrected chi connectivity index (χ4v) is 2.04. The first-order chi connectivity index (χ1) is 8.56. The molecule has 2 rings (SSSR count). The van der Waals surface area contributed by atoms with Crippen LogP contribution in [0.25, 0.3) is 0 Å². The van der Waals surface area contributed by atoms with Gasteiger partial charge in [-0.25, -0.2) is 0 Å². The molecule has 2 atom stereocenters. The van der Waals surface area contributed by atoms with Crippen molar-refractivity contribution in [2.24, 2.45) is 0 Å². The van der Waals surface area contributed by atoms with E-state index in [0.717, 1.165) is 0 Å². The fraction of sp³-hybridized carbons (Fsp3) is 0.500. The molecular weight excluding hydrogens is 259 g/mol. The molecule has 0 aromatic carbocycles. The summed E-state index contributed by atoms with van der Waals surface area (Å²) in [5.74, 6) is -0.434. The Morgan fingerprint density at radius 2 is 2.44 bits per heavy atom. The molecule has 1 amide bonds. The second-order valence-electron chi connectivity index (χ2n) is 4.23. The molecule has 18 heavy (non-hydrogen) atoms. The summed E-state index contributed by atoms with van der Waals surface area (Å²) >= 11 is 5.74. The Kier molecular flexibility index (Phi) is 4.01. The van der Waals surface area contributed by atoms with Gasteiger partial charge in [0.05, 0.1) is 6.54 Å². The first-order valence-corrected chi connectivity index (χ1v) is 6.22. The van der Waals surface area contributed by atoms with E-state index in [0.29, 0.717) is 19.5 Å². The minimum Gasteiger partial charge on any atom is -0.472 e. The maximum absolute atomic E-state index is 12.9. The van der Waals surface area contributed by atoms with E-state index in [1.165, 1.54) is 12.1 Å². The van der Waals surface area contributed by atoms with Crippen LogP contribution in [0.1, 0.15) is 13.3 Å². The highest BCUT2D eigenvalue weighted by molar-refractivity contribution is 6.30. The second-order valence-corrected chi connectivity index (χ2v) is 4.88. The van der Waals surface area contributed by atoms with Gasteiger partial charge in [-0.15, -0.1) is 11.6 Å². The van der Waals surface area contributed by atoms with Crippen LogP contribution < -0.4 is 4.74 Å². The van der Waals surface area contributed by atoms with Gasteiger partial charge in [0.25, 0.3) is 0 Å². The fourth-order valence-electron chi connectivity index (χ4n) is 1.90. The van der Waals surface area contributed by atoms with Crippen molar-refractivity contribution in [1.29, 1.82) is 0 Å². The molecule has 1 fully saturated rings. The molecule has 0 radical (unpaired) electrons. The number of hydrogen-bond donors (Lipinski definition) is 0. The van der Waals surface area contributed by atoms with Gasteiger partial charge in [-0.2, -0.15) is 9.37 Å². The van der Waals surface area contributed by atoms with E-state index in [-0.39, 0.29) is 17.9 Å². The SMILES string of the molecule is CC(Cl)C(=O)N1CCC(Oc2cccc(F)n2)C1. The van der Waals surface area contributed by atoms with E-state index in [2.05, 4.69) is 4.98 Å². The molecule has 98 valence electrons. The quantitative estimate of drug-likeness (QED) is 0.623. The summed E-state index contributed by atoms with van der Waals surface area (Å²) < 4.78 is 18.4. The Balaban J connectivity index is 1.92. The van der Waals surface area contributed by atoms with Crippen molar-refractivity contribution in [3.8, 4) is 5.88 Å². The number of hydrogen-bond acceptors (Lipinski definition) is 3. The highest BCUT2D eigenvalue weighted by Gasteiger charge is 2.29. The number of carbonyl (C=O) groups is 1. The molecule has 0 bridgehead atoms. The van der Waals surface area contributed by atoms with Crippen molar-refractivity contribution in [3.63, 3.8) is 0 Å². The summed E-state index contributed by atoms with van der Waals surface area (Å²) in [5, 5.41) is -0.531. The lowest BCUT2D eigenvalue weighted by molar-refractivity contribution is -0.129. The minimum absolute atomic E-state index is 0.102. The maximum Gasteiger partial charge on any atom is 0.240 e. The predicted octanol–water partition coefficient (Wildman–Crippen LogP) is 1.83. The van der Waals surface area contributed by atoms with Crippen molar-refractivity contribution in [1.82, 2.24) is 9.88 Å². The minimum atomic E-state index is -0.576.